The Labute approximate surface area is 107 Å². The van der Waals surface area contributed by atoms with Crippen LogP contribution in [0.5, 0.6) is 0 Å². The molecule has 0 spiro atoms. The summed E-state index contributed by atoms with van der Waals surface area (Å²) in [5.41, 5.74) is 0.568. The molecule has 1 aromatic carbocycles. The predicted octanol–water partition coefficient (Wildman–Crippen LogP) is 3.81. The van der Waals surface area contributed by atoms with E-state index < -0.39 is 29.3 Å². The third-order valence-corrected chi connectivity index (χ3v) is 2.59. The first-order chi connectivity index (χ1) is 8.97. The van der Waals surface area contributed by atoms with Gasteiger partial charge in [0, 0.05) is 24.0 Å². The van der Waals surface area contributed by atoms with Crippen molar-refractivity contribution in [1.29, 1.82) is 0 Å². The molecule has 1 unspecified atom stereocenters. The van der Waals surface area contributed by atoms with Crippen LogP contribution in [0.3, 0.4) is 0 Å². The van der Waals surface area contributed by atoms with Gasteiger partial charge in [0.05, 0.1) is 12.2 Å². The highest BCUT2D eigenvalue weighted by Gasteiger charge is 2.13. The number of nitrogens with one attached hydrogen (secondary N) is 1. The second-order valence-corrected chi connectivity index (χ2v) is 4.06. The number of rotatable bonds is 3. The molecule has 0 radical (unpaired) electrons. The first-order valence-corrected chi connectivity index (χ1v) is 5.49. The van der Waals surface area contributed by atoms with E-state index in [0.717, 1.165) is 18.3 Å². The Bertz CT molecular complexity index is 578. The molecule has 6 heteroatoms. The summed E-state index contributed by atoms with van der Waals surface area (Å²) in [4.78, 5) is 3.67. The van der Waals surface area contributed by atoms with Crippen molar-refractivity contribution in [2.24, 2.45) is 0 Å². The zero-order chi connectivity index (χ0) is 14.0. The van der Waals surface area contributed by atoms with Crippen molar-refractivity contribution >= 4 is 5.69 Å². The van der Waals surface area contributed by atoms with Crippen molar-refractivity contribution in [3.05, 3.63) is 59.4 Å². The van der Waals surface area contributed by atoms with E-state index in [1.165, 1.54) is 12.3 Å². The lowest BCUT2D eigenvalue weighted by atomic mass is 10.1. The number of anilines is 1. The smallest absolute Gasteiger partial charge is 0.194 e. The van der Waals surface area contributed by atoms with E-state index in [-0.39, 0.29) is 5.69 Å². The van der Waals surface area contributed by atoms with E-state index >= 15 is 0 Å². The van der Waals surface area contributed by atoms with Gasteiger partial charge in [-0.3, -0.25) is 4.98 Å². The lowest BCUT2D eigenvalue weighted by molar-refractivity contribution is 0.447. The standard InChI is InChI=1S/C13H10F4N2/c1-7(8-2-9(14)6-18-5-8)19-10-3-11(15)13(17)12(16)4-10/h2-7,19H,1H3. The van der Waals surface area contributed by atoms with Gasteiger partial charge < -0.3 is 5.32 Å². The molecule has 19 heavy (non-hydrogen) atoms. The van der Waals surface area contributed by atoms with Gasteiger partial charge in [0.1, 0.15) is 5.82 Å². The van der Waals surface area contributed by atoms with E-state index in [9.17, 15) is 17.6 Å². The minimum Gasteiger partial charge on any atom is -0.378 e. The van der Waals surface area contributed by atoms with Crippen LogP contribution in [0.4, 0.5) is 23.2 Å². The highest BCUT2D eigenvalue weighted by Crippen LogP contribution is 2.22. The van der Waals surface area contributed by atoms with Crippen molar-refractivity contribution < 1.29 is 17.6 Å². The molecular weight excluding hydrogens is 260 g/mol. The molecule has 1 aromatic heterocycles. The lowest BCUT2D eigenvalue weighted by Crippen LogP contribution is -2.08. The predicted molar refractivity (Wildman–Crippen MR) is 62.5 cm³/mol. The van der Waals surface area contributed by atoms with Gasteiger partial charge in [-0.15, -0.1) is 0 Å². The summed E-state index contributed by atoms with van der Waals surface area (Å²) in [6, 6.07) is 2.48. The number of halogens is 4. The molecule has 0 saturated carbocycles. The van der Waals surface area contributed by atoms with Crippen LogP contribution in [0, 0.1) is 23.3 Å². The molecule has 2 nitrogen and oxygen atoms in total. The maximum Gasteiger partial charge on any atom is 0.194 e. The van der Waals surface area contributed by atoms with Gasteiger partial charge in [-0.25, -0.2) is 17.6 Å². The summed E-state index contributed by atoms with van der Waals surface area (Å²) < 4.78 is 51.8. The van der Waals surface area contributed by atoms with Crippen LogP contribution in [0.1, 0.15) is 18.5 Å². The largest absolute Gasteiger partial charge is 0.378 e. The Morgan fingerprint density at radius 2 is 1.63 bits per heavy atom. The number of aromatic nitrogens is 1. The highest BCUT2D eigenvalue weighted by atomic mass is 19.2. The van der Waals surface area contributed by atoms with E-state index in [1.807, 2.05) is 0 Å². The van der Waals surface area contributed by atoms with Gasteiger partial charge >= 0.3 is 0 Å². The van der Waals surface area contributed by atoms with Crippen LogP contribution < -0.4 is 5.32 Å². The van der Waals surface area contributed by atoms with Gasteiger partial charge in [0.15, 0.2) is 17.5 Å². The van der Waals surface area contributed by atoms with Crippen molar-refractivity contribution in [3.63, 3.8) is 0 Å². The average Bonchev–Trinajstić information content (AvgIpc) is 2.36. The molecule has 0 fully saturated rings. The fourth-order valence-electron chi connectivity index (χ4n) is 1.64. The van der Waals surface area contributed by atoms with Crippen molar-refractivity contribution in [1.82, 2.24) is 4.98 Å². The molecule has 2 aromatic rings. The minimum absolute atomic E-state index is 0.0631. The maximum absolute atomic E-state index is 13.0. The summed E-state index contributed by atoms with van der Waals surface area (Å²) in [6.07, 6.45) is 2.48. The van der Waals surface area contributed by atoms with Gasteiger partial charge in [0.2, 0.25) is 0 Å². The molecule has 0 bridgehead atoms. The summed E-state index contributed by atoms with van der Waals surface area (Å²) in [5.74, 6) is -4.60. The molecule has 100 valence electrons. The SMILES string of the molecule is CC(Nc1cc(F)c(F)c(F)c1)c1cncc(F)c1. The number of hydrogen-bond donors (Lipinski definition) is 1. The Morgan fingerprint density at radius 3 is 2.21 bits per heavy atom. The molecule has 0 saturated heterocycles. The Kier molecular flexibility index (Phi) is 3.69. The molecule has 1 atom stereocenters. The molecule has 2 rings (SSSR count). The zero-order valence-electron chi connectivity index (χ0n) is 9.92. The molecule has 1 heterocycles. The summed E-state index contributed by atoms with van der Waals surface area (Å²) in [5, 5.41) is 2.74. The number of hydrogen-bond acceptors (Lipinski definition) is 2. The van der Waals surface area contributed by atoms with Crippen LogP contribution in [0.15, 0.2) is 30.6 Å². The fourth-order valence-corrected chi connectivity index (χ4v) is 1.64. The lowest BCUT2D eigenvalue weighted by Gasteiger charge is -2.15. The Balaban J connectivity index is 2.21. The van der Waals surface area contributed by atoms with Crippen molar-refractivity contribution in [3.8, 4) is 0 Å². The molecule has 0 amide bonds. The van der Waals surface area contributed by atoms with E-state index in [4.69, 9.17) is 0 Å². The first kappa shape index (κ1) is 13.3. The topological polar surface area (TPSA) is 24.9 Å². The molecular formula is C13H10F4N2. The van der Waals surface area contributed by atoms with Crippen LogP contribution in [-0.4, -0.2) is 4.98 Å². The Hall–Kier alpha value is -2.11. The number of benzene rings is 1. The summed E-state index contributed by atoms with van der Waals surface area (Å²) >= 11 is 0. The maximum atomic E-state index is 13.0. The third kappa shape index (κ3) is 3.01. The van der Waals surface area contributed by atoms with Crippen molar-refractivity contribution in [2.45, 2.75) is 13.0 Å². The number of nitrogens with zero attached hydrogens (tertiary/aromatic N) is 1. The minimum atomic E-state index is -1.52. The van der Waals surface area contributed by atoms with Gasteiger partial charge in [0.25, 0.3) is 0 Å². The van der Waals surface area contributed by atoms with E-state index in [2.05, 4.69) is 10.3 Å². The average molecular weight is 270 g/mol. The monoisotopic (exact) mass is 270 g/mol. The molecule has 1 N–H and O–H groups in total. The van der Waals surface area contributed by atoms with Crippen LogP contribution >= 0.6 is 0 Å². The molecule has 0 aliphatic carbocycles. The highest BCUT2D eigenvalue weighted by molar-refractivity contribution is 5.46. The third-order valence-electron chi connectivity index (χ3n) is 2.59. The second kappa shape index (κ2) is 5.26. The van der Waals surface area contributed by atoms with Crippen LogP contribution in [0.2, 0.25) is 0 Å². The van der Waals surface area contributed by atoms with Crippen molar-refractivity contribution in [2.75, 3.05) is 5.32 Å². The van der Waals surface area contributed by atoms with Crippen LogP contribution in [-0.2, 0) is 0 Å². The normalized spacial score (nSPS) is 12.3. The quantitative estimate of drug-likeness (QED) is 0.677. The summed E-state index contributed by atoms with van der Waals surface area (Å²) in [7, 11) is 0. The van der Waals surface area contributed by atoms with E-state index in [1.54, 1.807) is 6.92 Å². The molecule has 0 aliphatic heterocycles. The van der Waals surface area contributed by atoms with Crippen LogP contribution in [0.25, 0.3) is 0 Å². The molecule has 0 aliphatic rings. The Morgan fingerprint density at radius 1 is 1.00 bits per heavy atom. The van der Waals surface area contributed by atoms with Gasteiger partial charge in [-0.05, 0) is 18.6 Å². The van der Waals surface area contributed by atoms with Gasteiger partial charge in [-0.2, -0.15) is 0 Å². The second-order valence-electron chi connectivity index (χ2n) is 4.06. The number of pyridine rings is 1. The zero-order valence-corrected chi connectivity index (χ0v) is 9.92. The van der Waals surface area contributed by atoms with Gasteiger partial charge in [-0.1, -0.05) is 0 Å². The fraction of sp³-hybridized carbons (Fsp3) is 0.154. The summed E-state index contributed by atoms with van der Waals surface area (Å²) in [6.45, 7) is 1.66. The first-order valence-electron chi connectivity index (χ1n) is 5.49. The van der Waals surface area contributed by atoms with E-state index in [0.29, 0.717) is 5.56 Å².